The average Bonchev–Trinajstić information content (AvgIpc) is 2.34. The second-order valence-corrected chi connectivity index (χ2v) is 4.68. The van der Waals surface area contributed by atoms with Crippen molar-refractivity contribution in [3.05, 3.63) is 69.7 Å². The molecule has 0 heterocycles. The molecule has 0 saturated heterocycles. The van der Waals surface area contributed by atoms with E-state index in [0.717, 1.165) is 12.1 Å². The van der Waals surface area contributed by atoms with E-state index in [0.29, 0.717) is 15.6 Å². The van der Waals surface area contributed by atoms with Crippen LogP contribution in [-0.2, 0) is 6.42 Å². The highest BCUT2D eigenvalue weighted by atomic mass is 79.9. The Kier molecular flexibility index (Phi) is 3.87. The molecule has 0 saturated carbocycles. The molecule has 0 aliphatic rings. The van der Waals surface area contributed by atoms with Gasteiger partial charge in [0.25, 0.3) is 0 Å². The van der Waals surface area contributed by atoms with Gasteiger partial charge < -0.3 is 0 Å². The summed E-state index contributed by atoms with van der Waals surface area (Å²) in [5.74, 6) is -1.99. The highest BCUT2D eigenvalue weighted by molar-refractivity contribution is 9.10. The number of rotatable bonds is 3. The first-order valence-corrected chi connectivity index (χ1v) is 6.09. The predicted octanol–water partition coefficient (Wildman–Crippen LogP) is 4.15. The fourth-order valence-electron chi connectivity index (χ4n) is 1.62. The lowest BCUT2D eigenvalue weighted by Crippen LogP contribution is -2.05. The van der Waals surface area contributed by atoms with Gasteiger partial charge in [0, 0.05) is 16.5 Å². The summed E-state index contributed by atoms with van der Waals surface area (Å²) in [5.41, 5.74) is 0.983. The van der Waals surface area contributed by atoms with E-state index in [1.54, 1.807) is 24.3 Å². The lowest BCUT2D eigenvalue weighted by atomic mass is 10.0. The number of hydrogen-bond acceptors (Lipinski definition) is 1. The molecule has 1 nitrogen and oxygen atoms in total. The summed E-state index contributed by atoms with van der Waals surface area (Å²) in [4.78, 5) is 12.0. The first-order chi connectivity index (χ1) is 8.58. The lowest BCUT2D eigenvalue weighted by Gasteiger charge is -2.04. The monoisotopic (exact) mass is 310 g/mol. The molecule has 2 aromatic carbocycles. The number of carbonyl (C=O) groups excluding carboxylic acids is 1. The van der Waals surface area contributed by atoms with Gasteiger partial charge in [-0.15, -0.1) is 0 Å². The van der Waals surface area contributed by atoms with Gasteiger partial charge in [0.15, 0.2) is 17.4 Å². The van der Waals surface area contributed by atoms with Gasteiger partial charge in [-0.2, -0.15) is 0 Å². The van der Waals surface area contributed by atoms with Crippen LogP contribution in [0.5, 0.6) is 0 Å². The van der Waals surface area contributed by atoms with Gasteiger partial charge in [-0.05, 0) is 23.8 Å². The molecule has 18 heavy (non-hydrogen) atoms. The molecule has 0 aliphatic heterocycles. The van der Waals surface area contributed by atoms with E-state index in [-0.39, 0.29) is 12.2 Å². The van der Waals surface area contributed by atoms with Crippen LogP contribution in [0.4, 0.5) is 8.78 Å². The van der Waals surface area contributed by atoms with Gasteiger partial charge in [-0.25, -0.2) is 8.78 Å². The Morgan fingerprint density at radius 2 is 1.78 bits per heavy atom. The van der Waals surface area contributed by atoms with E-state index in [2.05, 4.69) is 15.9 Å². The molecular formula is C14H9BrF2O. The van der Waals surface area contributed by atoms with Crippen LogP contribution in [0.2, 0.25) is 0 Å². The van der Waals surface area contributed by atoms with Crippen LogP contribution >= 0.6 is 15.9 Å². The molecule has 2 aromatic rings. The Bertz CT molecular complexity index is 596. The van der Waals surface area contributed by atoms with Crippen molar-refractivity contribution < 1.29 is 13.6 Å². The highest BCUT2D eigenvalue weighted by Crippen LogP contribution is 2.18. The van der Waals surface area contributed by atoms with E-state index in [1.807, 2.05) is 0 Å². The van der Waals surface area contributed by atoms with E-state index < -0.39 is 11.6 Å². The number of hydrogen-bond donors (Lipinski definition) is 0. The minimum atomic E-state index is -0.938. The third kappa shape index (κ3) is 2.82. The third-order valence-corrected chi connectivity index (χ3v) is 3.21. The van der Waals surface area contributed by atoms with Crippen LogP contribution in [0, 0.1) is 11.6 Å². The molecule has 4 heteroatoms. The molecule has 0 amide bonds. The van der Waals surface area contributed by atoms with Crippen molar-refractivity contribution in [1.29, 1.82) is 0 Å². The van der Waals surface area contributed by atoms with Crippen LogP contribution in [0.1, 0.15) is 15.9 Å². The summed E-state index contributed by atoms with van der Waals surface area (Å²) in [6, 6.07) is 10.5. The molecule has 0 fully saturated rings. The van der Waals surface area contributed by atoms with E-state index in [9.17, 15) is 13.6 Å². The van der Waals surface area contributed by atoms with Crippen molar-refractivity contribution in [2.75, 3.05) is 0 Å². The van der Waals surface area contributed by atoms with Crippen molar-refractivity contribution in [1.82, 2.24) is 0 Å². The topological polar surface area (TPSA) is 17.1 Å². The Morgan fingerprint density at radius 1 is 1.06 bits per heavy atom. The number of carbonyl (C=O) groups is 1. The fourth-order valence-corrected chi connectivity index (χ4v) is 2.12. The number of benzene rings is 2. The van der Waals surface area contributed by atoms with Crippen molar-refractivity contribution in [2.24, 2.45) is 0 Å². The molecule has 0 N–H and O–H groups in total. The quantitative estimate of drug-likeness (QED) is 0.778. The molecular weight excluding hydrogens is 302 g/mol. The number of ketones is 1. The summed E-state index contributed by atoms with van der Waals surface area (Å²) in [5, 5.41) is 0. The van der Waals surface area contributed by atoms with E-state index in [4.69, 9.17) is 0 Å². The SMILES string of the molecule is O=C(Cc1ccc(F)c(F)c1)c1ccccc1Br. The highest BCUT2D eigenvalue weighted by Gasteiger charge is 2.11. The molecule has 0 aromatic heterocycles. The maximum absolute atomic E-state index is 13.0. The second kappa shape index (κ2) is 5.40. The maximum Gasteiger partial charge on any atom is 0.168 e. The Balaban J connectivity index is 2.22. The first-order valence-electron chi connectivity index (χ1n) is 5.29. The van der Waals surface area contributed by atoms with Gasteiger partial charge in [-0.1, -0.05) is 40.2 Å². The van der Waals surface area contributed by atoms with E-state index in [1.165, 1.54) is 6.07 Å². The van der Waals surface area contributed by atoms with Gasteiger partial charge in [-0.3, -0.25) is 4.79 Å². The normalized spacial score (nSPS) is 10.4. The summed E-state index contributed by atoms with van der Waals surface area (Å²) in [7, 11) is 0. The molecule has 0 radical (unpaired) electrons. The Hall–Kier alpha value is -1.55. The molecule has 92 valence electrons. The summed E-state index contributed by atoms with van der Waals surface area (Å²) >= 11 is 3.28. The van der Waals surface area contributed by atoms with Crippen LogP contribution in [0.15, 0.2) is 46.9 Å². The summed E-state index contributed by atoms with van der Waals surface area (Å²) < 4.78 is 26.5. The number of Topliss-reactive ketones (excluding diaryl/α,β-unsaturated/α-hetero) is 1. The van der Waals surface area contributed by atoms with Gasteiger partial charge >= 0.3 is 0 Å². The third-order valence-electron chi connectivity index (χ3n) is 2.52. The molecule has 0 unspecified atom stereocenters. The largest absolute Gasteiger partial charge is 0.294 e. The van der Waals surface area contributed by atoms with Gasteiger partial charge in [0.2, 0.25) is 0 Å². The molecule has 0 atom stereocenters. The Labute approximate surface area is 112 Å². The zero-order valence-corrected chi connectivity index (χ0v) is 10.9. The van der Waals surface area contributed by atoms with Crippen LogP contribution in [-0.4, -0.2) is 5.78 Å². The summed E-state index contributed by atoms with van der Waals surface area (Å²) in [6.45, 7) is 0. The molecule has 0 aliphatic carbocycles. The smallest absolute Gasteiger partial charge is 0.168 e. The number of halogens is 3. The van der Waals surface area contributed by atoms with Crippen molar-refractivity contribution in [2.45, 2.75) is 6.42 Å². The lowest BCUT2D eigenvalue weighted by molar-refractivity contribution is 0.0992. The molecule has 0 spiro atoms. The van der Waals surface area contributed by atoms with Gasteiger partial charge in [0.1, 0.15) is 0 Å². The van der Waals surface area contributed by atoms with Crippen LogP contribution in [0.25, 0.3) is 0 Å². The van der Waals surface area contributed by atoms with Crippen LogP contribution in [0.3, 0.4) is 0 Å². The minimum Gasteiger partial charge on any atom is -0.294 e. The Morgan fingerprint density at radius 3 is 2.44 bits per heavy atom. The van der Waals surface area contributed by atoms with Crippen molar-refractivity contribution in [3.8, 4) is 0 Å². The molecule has 0 bridgehead atoms. The second-order valence-electron chi connectivity index (χ2n) is 3.83. The zero-order chi connectivity index (χ0) is 13.1. The standard InChI is InChI=1S/C14H9BrF2O/c15-11-4-2-1-3-10(11)14(18)8-9-5-6-12(16)13(17)7-9/h1-7H,8H2. The minimum absolute atomic E-state index is 0.0415. The van der Waals surface area contributed by atoms with Gasteiger partial charge in [0.05, 0.1) is 0 Å². The van der Waals surface area contributed by atoms with Crippen molar-refractivity contribution >= 4 is 21.7 Å². The fraction of sp³-hybridized carbons (Fsp3) is 0.0714. The van der Waals surface area contributed by atoms with Crippen LogP contribution < -0.4 is 0 Å². The average molecular weight is 311 g/mol. The summed E-state index contributed by atoms with van der Waals surface area (Å²) in [6.07, 6.45) is 0.0415. The van der Waals surface area contributed by atoms with E-state index >= 15 is 0 Å². The maximum atomic E-state index is 13.0. The zero-order valence-electron chi connectivity index (χ0n) is 9.29. The first kappa shape index (κ1) is 12.9. The van der Waals surface area contributed by atoms with Crippen molar-refractivity contribution in [3.63, 3.8) is 0 Å². The molecule has 2 rings (SSSR count). The predicted molar refractivity (Wildman–Crippen MR) is 68.5 cm³/mol.